The van der Waals surface area contributed by atoms with Crippen LogP contribution in [0, 0.1) is 5.92 Å². The van der Waals surface area contributed by atoms with Crippen LogP contribution >= 0.6 is 0 Å². The lowest BCUT2D eigenvalue weighted by molar-refractivity contribution is 0.0819. The number of carbonyl (C=O) groups excluding carboxylic acids is 1. The highest BCUT2D eigenvalue weighted by Gasteiger charge is 2.32. The minimum atomic E-state index is 0.0259. The topological polar surface area (TPSA) is 54.5 Å². The van der Waals surface area contributed by atoms with E-state index < -0.39 is 0 Å². The number of fused-ring (bicyclic) bond motifs is 1. The summed E-state index contributed by atoms with van der Waals surface area (Å²) in [6.45, 7) is 1.76. The third-order valence-electron chi connectivity index (χ3n) is 6.69. The highest BCUT2D eigenvalue weighted by Crippen LogP contribution is 2.31. The number of rotatable bonds is 6. The number of amides is 1. The second kappa shape index (κ2) is 8.74. The van der Waals surface area contributed by atoms with E-state index in [-0.39, 0.29) is 5.91 Å². The van der Waals surface area contributed by atoms with E-state index in [1.165, 1.54) is 43.4 Å². The molecule has 1 amide bonds. The van der Waals surface area contributed by atoms with Gasteiger partial charge in [-0.15, -0.1) is 0 Å². The average molecular weight is 399 g/mol. The number of hydrogen-bond acceptors (Lipinski definition) is 4. The fraction of sp³-hybridized carbons (Fsp3) is 0.652. The van der Waals surface area contributed by atoms with Crippen LogP contribution in [0.3, 0.4) is 0 Å². The number of furan rings is 1. The maximum absolute atomic E-state index is 12.9. The first-order valence-corrected chi connectivity index (χ1v) is 11.1. The summed E-state index contributed by atoms with van der Waals surface area (Å²) in [6.07, 6.45) is 11.3. The molecule has 29 heavy (non-hydrogen) atoms. The van der Waals surface area contributed by atoms with E-state index in [0.29, 0.717) is 17.7 Å². The van der Waals surface area contributed by atoms with Crippen LogP contribution in [0.2, 0.25) is 0 Å². The molecule has 6 nitrogen and oxygen atoms in total. The van der Waals surface area contributed by atoms with Gasteiger partial charge in [0.15, 0.2) is 5.69 Å². The molecule has 2 aliphatic carbocycles. The van der Waals surface area contributed by atoms with Gasteiger partial charge in [0.1, 0.15) is 5.76 Å². The molecule has 0 aliphatic heterocycles. The predicted molar refractivity (Wildman–Crippen MR) is 113 cm³/mol. The molecule has 0 aromatic carbocycles. The standard InChI is InChI=1S/C23H34N4O2/c1-25(2)23(28)22-20-14-18(26(3)16-19-10-7-13-29-19)11-12-21(20)27(24-22)15-17-8-5-4-6-9-17/h7,10,13,17-18H,4-6,8-9,11-12,14-16H2,1-3H3. The van der Waals surface area contributed by atoms with Gasteiger partial charge in [-0.3, -0.25) is 14.4 Å². The zero-order valence-corrected chi connectivity index (χ0v) is 18.1. The zero-order valence-electron chi connectivity index (χ0n) is 18.1. The molecule has 0 N–H and O–H groups in total. The van der Waals surface area contributed by atoms with Gasteiger partial charge in [-0.05, 0) is 57.2 Å². The first-order valence-electron chi connectivity index (χ1n) is 11.1. The molecule has 158 valence electrons. The lowest BCUT2D eigenvalue weighted by Gasteiger charge is -2.31. The first-order chi connectivity index (χ1) is 14.0. The molecule has 1 saturated carbocycles. The second-order valence-corrected chi connectivity index (χ2v) is 9.05. The Morgan fingerprint density at radius 1 is 1.21 bits per heavy atom. The number of nitrogens with zero attached hydrogens (tertiary/aromatic N) is 4. The molecular weight excluding hydrogens is 364 g/mol. The lowest BCUT2D eigenvalue weighted by Crippen LogP contribution is -2.37. The summed E-state index contributed by atoms with van der Waals surface area (Å²) in [4.78, 5) is 16.9. The largest absolute Gasteiger partial charge is 0.468 e. The Bertz CT molecular complexity index is 818. The Balaban J connectivity index is 1.56. The van der Waals surface area contributed by atoms with Crippen LogP contribution in [0.15, 0.2) is 22.8 Å². The summed E-state index contributed by atoms with van der Waals surface area (Å²) in [5.41, 5.74) is 3.13. The summed E-state index contributed by atoms with van der Waals surface area (Å²) in [6, 6.07) is 4.35. The van der Waals surface area contributed by atoms with Crippen LogP contribution in [0.4, 0.5) is 0 Å². The average Bonchev–Trinajstić information content (AvgIpc) is 3.36. The van der Waals surface area contributed by atoms with Crippen LogP contribution in [-0.4, -0.2) is 52.7 Å². The number of hydrogen-bond donors (Lipinski definition) is 0. The summed E-state index contributed by atoms with van der Waals surface area (Å²) in [5, 5.41) is 4.87. The maximum atomic E-state index is 12.9. The molecule has 0 radical (unpaired) electrons. The minimum Gasteiger partial charge on any atom is -0.468 e. The van der Waals surface area contributed by atoms with Crippen molar-refractivity contribution in [2.75, 3.05) is 21.1 Å². The molecule has 0 bridgehead atoms. The van der Waals surface area contributed by atoms with Gasteiger partial charge in [-0.25, -0.2) is 0 Å². The van der Waals surface area contributed by atoms with Crippen molar-refractivity contribution in [3.8, 4) is 0 Å². The van der Waals surface area contributed by atoms with Crippen molar-refractivity contribution >= 4 is 5.91 Å². The van der Waals surface area contributed by atoms with Gasteiger partial charge >= 0.3 is 0 Å². The Kier molecular flexibility index (Phi) is 6.09. The Hall–Kier alpha value is -2.08. The maximum Gasteiger partial charge on any atom is 0.274 e. The third-order valence-corrected chi connectivity index (χ3v) is 6.69. The van der Waals surface area contributed by atoms with E-state index >= 15 is 0 Å². The number of likely N-dealkylation sites (N-methyl/N-ethyl adjacent to an activating group) is 1. The summed E-state index contributed by atoms with van der Waals surface area (Å²) in [5.74, 6) is 1.71. The van der Waals surface area contributed by atoms with Gasteiger partial charge in [0.25, 0.3) is 5.91 Å². The monoisotopic (exact) mass is 398 g/mol. The van der Waals surface area contributed by atoms with Crippen molar-refractivity contribution < 1.29 is 9.21 Å². The van der Waals surface area contributed by atoms with Gasteiger partial charge in [0.05, 0.1) is 12.8 Å². The predicted octanol–water partition coefficient (Wildman–Crippen LogP) is 3.75. The van der Waals surface area contributed by atoms with E-state index in [1.807, 2.05) is 26.2 Å². The van der Waals surface area contributed by atoms with Crippen molar-refractivity contribution in [2.45, 2.75) is 70.5 Å². The minimum absolute atomic E-state index is 0.0259. The van der Waals surface area contributed by atoms with Crippen LogP contribution in [-0.2, 0) is 25.9 Å². The van der Waals surface area contributed by atoms with Crippen molar-refractivity contribution in [3.05, 3.63) is 41.1 Å². The number of aromatic nitrogens is 2. The van der Waals surface area contributed by atoms with Gasteiger partial charge in [0.2, 0.25) is 0 Å². The lowest BCUT2D eigenvalue weighted by atomic mass is 9.88. The molecule has 2 aromatic heterocycles. The van der Waals surface area contributed by atoms with E-state index in [0.717, 1.165) is 38.1 Å². The Labute approximate surface area is 173 Å². The Morgan fingerprint density at radius 2 is 2.00 bits per heavy atom. The zero-order chi connectivity index (χ0) is 20.4. The summed E-state index contributed by atoms with van der Waals surface area (Å²) < 4.78 is 7.71. The van der Waals surface area contributed by atoms with Crippen LogP contribution < -0.4 is 0 Å². The highest BCUT2D eigenvalue weighted by molar-refractivity contribution is 5.93. The normalized spacial score (nSPS) is 20.1. The molecule has 1 unspecified atom stereocenters. The smallest absolute Gasteiger partial charge is 0.274 e. The molecule has 4 rings (SSSR count). The van der Waals surface area contributed by atoms with E-state index in [1.54, 1.807) is 11.2 Å². The molecule has 1 atom stereocenters. The van der Waals surface area contributed by atoms with Gasteiger partial charge in [-0.1, -0.05) is 19.3 Å². The molecule has 1 fully saturated rings. The molecular formula is C23H34N4O2. The SMILES string of the molecule is CN(C)C(=O)c1nn(CC2CCCCC2)c2c1CC(N(C)Cc1ccco1)CC2. The fourth-order valence-corrected chi connectivity index (χ4v) is 4.97. The molecule has 2 heterocycles. The van der Waals surface area contributed by atoms with Crippen molar-refractivity contribution in [3.63, 3.8) is 0 Å². The van der Waals surface area contributed by atoms with E-state index in [9.17, 15) is 4.79 Å². The van der Waals surface area contributed by atoms with Gasteiger partial charge in [0, 0.05) is 37.9 Å². The molecule has 0 saturated heterocycles. The Morgan fingerprint density at radius 3 is 2.69 bits per heavy atom. The van der Waals surface area contributed by atoms with Crippen LogP contribution in [0.5, 0.6) is 0 Å². The van der Waals surface area contributed by atoms with Gasteiger partial charge < -0.3 is 9.32 Å². The van der Waals surface area contributed by atoms with E-state index in [4.69, 9.17) is 9.52 Å². The number of carbonyl (C=O) groups is 1. The quantitative estimate of drug-likeness (QED) is 0.744. The molecule has 2 aliphatic rings. The summed E-state index contributed by atoms with van der Waals surface area (Å²) in [7, 11) is 5.79. The molecule has 0 spiro atoms. The molecule has 6 heteroatoms. The third kappa shape index (κ3) is 4.42. The second-order valence-electron chi connectivity index (χ2n) is 9.05. The highest BCUT2D eigenvalue weighted by atomic mass is 16.3. The summed E-state index contributed by atoms with van der Waals surface area (Å²) >= 11 is 0. The fourth-order valence-electron chi connectivity index (χ4n) is 4.97. The van der Waals surface area contributed by atoms with Crippen molar-refractivity contribution in [2.24, 2.45) is 5.92 Å². The van der Waals surface area contributed by atoms with Crippen molar-refractivity contribution in [1.29, 1.82) is 0 Å². The van der Waals surface area contributed by atoms with Crippen molar-refractivity contribution in [1.82, 2.24) is 19.6 Å². The van der Waals surface area contributed by atoms with Gasteiger partial charge in [-0.2, -0.15) is 5.10 Å². The molecule has 2 aromatic rings. The van der Waals surface area contributed by atoms with Crippen LogP contribution in [0.25, 0.3) is 0 Å². The van der Waals surface area contributed by atoms with E-state index in [2.05, 4.69) is 16.6 Å². The van der Waals surface area contributed by atoms with Crippen LogP contribution in [0.1, 0.15) is 66.0 Å². The first kappa shape index (κ1) is 20.2.